The SMILES string of the molecule is N#CC(C#N)=C(SSC(=C(C#N)C#N)N1CCOCC1)N1CCOCC1. The number of ether oxygens (including phenoxy) is 2. The standard InChI is InChI=1S/C16H16N6O2S2/c17-9-13(10-18)15(21-1-5-23-6-2-21)25-26-16(14(11-19)12-20)22-3-7-24-8-4-22/h1-8H2. The summed E-state index contributed by atoms with van der Waals surface area (Å²) < 4.78 is 10.7. The normalized spacial score (nSPS) is 16.5. The minimum absolute atomic E-state index is 0.0150. The molecule has 2 aliphatic rings. The van der Waals surface area contributed by atoms with Crippen LogP contribution < -0.4 is 0 Å². The molecule has 0 aliphatic carbocycles. The van der Waals surface area contributed by atoms with Gasteiger partial charge in [-0.05, 0) is 21.6 Å². The lowest BCUT2D eigenvalue weighted by Gasteiger charge is -2.32. The van der Waals surface area contributed by atoms with Crippen molar-refractivity contribution in [3.63, 3.8) is 0 Å². The first-order valence-electron chi connectivity index (χ1n) is 7.84. The predicted molar refractivity (Wildman–Crippen MR) is 96.5 cm³/mol. The Kier molecular flexibility index (Phi) is 8.15. The zero-order chi connectivity index (χ0) is 18.8. The molecule has 2 rings (SSSR count). The molecule has 0 saturated carbocycles. The van der Waals surface area contributed by atoms with E-state index < -0.39 is 0 Å². The maximum absolute atomic E-state index is 9.29. The molecule has 0 aromatic carbocycles. The molecule has 0 bridgehead atoms. The van der Waals surface area contributed by atoms with Crippen molar-refractivity contribution in [2.75, 3.05) is 52.6 Å². The lowest BCUT2D eigenvalue weighted by Crippen LogP contribution is -2.36. The highest BCUT2D eigenvalue weighted by atomic mass is 33.1. The summed E-state index contributed by atoms with van der Waals surface area (Å²) in [5.41, 5.74) is 0.0300. The first-order chi connectivity index (χ1) is 12.7. The van der Waals surface area contributed by atoms with E-state index in [-0.39, 0.29) is 11.1 Å². The van der Waals surface area contributed by atoms with Gasteiger partial charge in [-0.1, -0.05) is 0 Å². The molecule has 2 heterocycles. The van der Waals surface area contributed by atoms with Crippen LogP contribution >= 0.6 is 21.6 Å². The van der Waals surface area contributed by atoms with Crippen LogP contribution in [-0.4, -0.2) is 62.4 Å². The third-order valence-electron chi connectivity index (χ3n) is 3.67. The van der Waals surface area contributed by atoms with Gasteiger partial charge in [-0.2, -0.15) is 21.0 Å². The third kappa shape index (κ3) is 5.08. The molecule has 0 unspecified atom stereocenters. The Hall–Kier alpha value is -2.34. The second kappa shape index (κ2) is 10.6. The lowest BCUT2D eigenvalue weighted by atomic mass is 10.3. The summed E-state index contributed by atoms with van der Waals surface area (Å²) in [5.74, 6) is 0. The molecule has 2 fully saturated rings. The number of rotatable bonds is 5. The summed E-state index contributed by atoms with van der Waals surface area (Å²) in [6.07, 6.45) is 0. The summed E-state index contributed by atoms with van der Waals surface area (Å²) in [6.45, 7) is 4.40. The minimum atomic E-state index is 0.0150. The first-order valence-corrected chi connectivity index (χ1v) is 9.99. The number of morpholine rings is 2. The van der Waals surface area contributed by atoms with Crippen LogP contribution in [0.25, 0.3) is 0 Å². The zero-order valence-corrected chi connectivity index (χ0v) is 15.6. The third-order valence-corrected chi connectivity index (χ3v) is 6.19. The van der Waals surface area contributed by atoms with Crippen molar-refractivity contribution < 1.29 is 9.47 Å². The van der Waals surface area contributed by atoms with E-state index in [0.29, 0.717) is 62.7 Å². The van der Waals surface area contributed by atoms with Crippen molar-refractivity contribution in [1.82, 2.24) is 9.80 Å². The quantitative estimate of drug-likeness (QED) is 0.506. The Labute approximate surface area is 160 Å². The monoisotopic (exact) mass is 388 g/mol. The van der Waals surface area contributed by atoms with Gasteiger partial charge in [0.05, 0.1) is 26.4 Å². The van der Waals surface area contributed by atoms with Crippen LogP contribution in [0.1, 0.15) is 0 Å². The molecule has 0 aromatic heterocycles. The van der Waals surface area contributed by atoms with Gasteiger partial charge in [-0.3, -0.25) is 0 Å². The highest BCUT2D eigenvalue weighted by Crippen LogP contribution is 2.42. The number of hydrogen-bond donors (Lipinski definition) is 0. The fourth-order valence-corrected chi connectivity index (χ4v) is 5.05. The van der Waals surface area contributed by atoms with Gasteiger partial charge < -0.3 is 19.3 Å². The lowest BCUT2D eigenvalue weighted by molar-refractivity contribution is 0.0573. The van der Waals surface area contributed by atoms with Gasteiger partial charge in [-0.25, -0.2) is 0 Å². The number of hydrogen-bond acceptors (Lipinski definition) is 10. The van der Waals surface area contributed by atoms with E-state index in [4.69, 9.17) is 9.47 Å². The molecule has 2 saturated heterocycles. The molecule has 0 atom stereocenters. The van der Waals surface area contributed by atoms with Crippen LogP contribution in [0, 0.1) is 45.3 Å². The van der Waals surface area contributed by atoms with E-state index in [1.54, 1.807) is 0 Å². The molecule has 10 heteroatoms. The van der Waals surface area contributed by atoms with E-state index in [1.165, 1.54) is 21.6 Å². The van der Waals surface area contributed by atoms with Crippen LogP contribution in [0.5, 0.6) is 0 Å². The number of nitrogens with zero attached hydrogens (tertiary/aromatic N) is 6. The molecule has 0 N–H and O–H groups in total. The van der Waals surface area contributed by atoms with Crippen molar-refractivity contribution >= 4 is 21.6 Å². The molecule has 134 valence electrons. The fraction of sp³-hybridized carbons (Fsp3) is 0.500. The molecular weight excluding hydrogens is 372 g/mol. The molecule has 26 heavy (non-hydrogen) atoms. The molecule has 2 aliphatic heterocycles. The van der Waals surface area contributed by atoms with Crippen molar-refractivity contribution in [3.8, 4) is 24.3 Å². The van der Waals surface area contributed by atoms with Crippen LogP contribution in [0.2, 0.25) is 0 Å². The highest BCUT2D eigenvalue weighted by molar-refractivity contribution is 8.79. The molecule has 0 spiro atoms. The summed E-state index contributed by atoms with van der Waals surface area (Å²) in [5, 5.41) is 38.2. The van der Waals surface area contributed by atoms with Crippen LogP contribution in [0.4, 0.5) is 0 Å². The van der Waals surface area contributed by atoms with Crippen molar-refractivity contribution in [2.24, 2.45) is 0 Å². The molecule has 0 amide bonds. The average molecular weight is 388 g/mol. The summed E-state index contributed by atoms with van der Waals surface area (Å²) in [4.78, 5) is 3.86. The molecule has 0 aromatic rings. The first kappa shape index (κ1) is 20.0. The van der Waals surface area contributed by atoms with Crippen molar-refractivity contribution in [1.29, 1.82) is 21.0 Å². The Balaban J connectivity index is 2.26. The smallest absolute Gasteiger partial charge is 0.160 e. The topological polar surface area (TPSA) is 120 Å². The van der Waals surface area contributed by atoms with Gasteiger partial charge in [0.25, 0.3) is 0 Å². The Morgan fingerprint density at radius 2 is 0.923 bits per heavy atom. The van der Waals surface area contributed by atoms with Gasteiger partial charge >= 0.3 is 0 Å². The van der Waals surface area contributed by atoms with E-state index in [9.17, 15) is 21.0 Å². The predicted octanol–water partition coefficient (Wildman–Crippen LogP) is 1.55. The van der Waals surface area contributed by atoms with Gasteiger partial charge in [-0.15, -0.1) is 0 Å². The van der Waals surface area contributed by atoms with E-state index >= 15 is 0 Å². The fourth-order valence-electron chi connectivity index (χ4n) is 2.36. The Bertz CT molecular complexity index is 645. The second-order valence-electron chi connectivity index (χ2n) is 5.17. The number of allylic oxidation sites excluding steroid dienone is 2. The van der Waals surface area contributed by atoms with E-state index in [0.717, 1.165) is 0 Å². The number of nitriles is 4. The molecular formula is C16H16N6O2S2. The van der Waals surface area contributed by atoms with Gasteiger partial charge in [0, 0.05) is 26.2 Å². The van der Waals surface area contributed by atoms with E-state index in [2.05, 4.69) is 0 Å². The molecule has 8 nitrogen and oxygen atoms in total. The van der Waals surface area contributed by atoms with E-state index in [1.807, 2.05) is 34.1 Å². The van der Waals surface area contributed by atoms with Crippen molar-refractivity contribution in [2.45, 2.75) is 0 Å². The van der Waals surface area contributed by atoms with Crippen LogP contribution in [0.3, 0.4) is 0 Å². The second-order valence-corrected chi connectivity index (χ2v) is 7.28. The highest BCUT2D eigenvalue weighted by Gasteiger charge is 2.24. The summed E-state index contributed by atoms with van der Waals surface area (Å²) in [7, 11) is 2.45. The van der Waals surface area contributed by atoms with Crippen LogP contribution in [0.15, 0.2) is 21.2 Å². The van der Waals surface area contributed by atoms with Gasteiger partial charge in [0.2, 0.25) is 0 Å². The van der Waals surface area contributed by atoms with Gasteiger partial charge in [0.15, 0.2) is 11.1 Å². The molecule has 0 radical (unpaired) electrons. The zero-order valence-electron chi connectivity index (χ0n) is 14.0. The Morgan fingerprint density at radius 3 is 1.19 bits per heavy atom. The summed E-state index contributed by atoms with van der Waals surface area (Å²) in [6, 6.07) is 7.73. The minimum Gasteiger partial charge on any atom is -0.378 e. The maximum atomic E-state index is 9.29. The maximum Gasteiger partial charge on any atom is 0.160 e. The average Bonchev–Trinajstić information content (AvgIpc) is 2.71. The Morgan fingerprint density at radius 1 is 0.615 bits per heavy atom. The van der Waals surface area contributed by atoms with Crippen molar-refractivity contribution in [3.05, 3.63) is 21.2 Å². The van der Waals surface area contributed by atoms with Crippen LogP contribution in [-0.2, 0) is 9.47 Å². The van der Waals surface area contributed by atoms with Gasteiger partial charge in [0.1, 0.15) is 34.3 Å². The largest absolute Gasteiger partial charge is 0.378 e. The summed E-state index contributed by atoms with van der Waals surface area (Å²) >= 11 is 0.